The van der Waals surface area contributed by atoms with Crippen LogP contribution in [0, 0.1) is 0 Å². The minimum atomic E-state index is 0.353. The number of nitrogens with zero attached hydrogens (tertiary/aromatic N) is 6. The number of fused-ring (bicyclic) bond motifs is 3. The molecular formula is C61H66N6O. The van der Waals surface area contributed by atoms with Crippen molar-refractivity contribution in [2.75, 3.05) is 36.2 Å². The van der Waals surface area contributed by atoms with Crippen molar-refractivity contribution in [2.24, 2.45) is 0 Å². The SMILES string of the molecule is CC(C)c1cc(-c2ccccc2)cc(C(C)C)c1-n1c(CCCCCCc2ccc(N3C=CN(CCCCN4C=CN(c5cccc6c5oc5ccccc56)C4)C3)cc2)cnc1-c1ccccc1. The van der Waals surface area contributed by atoms with Crippen molar-refractivity contribution in [2.45, 2.75) is 90.9 Å². The molecule has 346 valence electrons. The smallest absolute Gasteiger partial charge is 0.159 e. The van der Waals surface area contributed by atoms with Crippen LogP contribution in [0.15, 0.2) is 175 Å². The molecule has 0 N–H and O–H groups in total. The van der Waals surface area contributed by atoms with Gasteiger partial charge in [0.25, 0.3) is 0 Å². The summed E-state index contributed by atoms with van der Waals surface area (Å²) in [6.45, 7) is 13.2. The Morgan fingerprint density at radius 2 is 1.13 bits per heavy atom. The first-order chi connectivity index (χ1) is 33.4. The molecule has 0 saturated carbocycles. The number of imidazole rings is 1. The Bertz CT molecular complexity index is 2970. The molecule has 68 heavy (non-hydrogen) atoms. The van der Waals surface area contributed by atoms with Crippen LogP contribution in [0.1, 0.15) is 100 Å². The summed E-state index contributed by atoms with van der Waals surface area (Å²) in [5.74, 6) is 1.74. The molecule has 10 rings (SSSR count). The maximum Gasteiger partial charge on any atom is 0.159 e. The number of para-hydroxylation sites is 2. The van der Waals surface area contributed by atoms with E-state index in [0.29, 0.717) is 11.8 Å². The average molecular weight is 899 g/mol. The zero-order valence-corrected chi connectivity index (χ0v) is 40.4. The zero-order chi connectivity index (χ0) is 46.4. The van der Waals surface area contributed by atoms with E-state index in [1.54, 1.807) is 0 Å². The molecule has 7 nitrogen and oxygen atoms in total. The highest BCUT2D eigenvalue weighted by atomic mass is 16.3. The van der Waals surface area contributed by atoms with E-state index in [1.165, 1.54) is 74.9 Å². The van der Waals surface area contributed by atoms with Crippen LogP contribution in [0.4, 0.5) is 11.4 Å². The Hall–Kier alpha value is -6.99. The van der Waals surface area contributed by atoms with Gasteiger partial charge in [0, 0.05) is 71.8 Å². The van der Waals surface area contributed by atoms with Crippen LogP contribution in [0.5, 0.6) is 0 Å². The summed E-state index contributed by atoms with van der Waals surface area (Å²) in [4.78, 5) is 14.6. The second-order valence-corrected chi connectivity index (χ2v) is 19.4. The van der Waals surface area contributed by atoms with Crippen LogP contribution < -0.4 is 9.80 Å². The van der Waals surface area contributed by atoms with Gasteiger partial charge in [0.1, 0.15) is 11.4 Å². The molecule has 4 heterocycles. The summed E-state index contributed by atoms with van der Waals surface area (Å²) < 4.78 is 8.82. The molecule has 0 fully saturated rings. The highest BCUT2D eigenvalue weighted by molar-refractivity contribution is 6.09. The predicted molar refractivity (Wildman–Crippen MR) is 284 cm³/mol. The lowest BCUT2D eigenvalue weighted by Gasteiger charge is -2.25. The van der Waals surface area contributed by atoms with E-state index in [-0.39, 0.29) is 0 Å². The molecule has 2 aliphatic heterocycles. The molecule has 7 heteroatoms. The van der Waals surface area contributed by atoms with Gasteiger partial charge in [0.2, 0.25) is 0 Å². The summed E-state index contributed by atoms with van der Waals surface area (Å²) in [6.07, 6.45) is 20.2. The predicted octanol–water partition coefficient (Wildman–Crippen LogP) is 15.3. The minimum absolute atomic E-state index is 0.353. The maximum atomic E-state index is 6.31. The van der Waals surface area contributed by atoms with Crippen molar-refractivity contribution >= 4 is 33.3 Å². The Kier molecular flexibility index (Phi) is 13.5. The number of benzene rings is 6. The largest absolute Gasteiger partial charge is 0.454 e. The number of aryl methyl sites for hydroxylation is 2. The molecule has 8 aromatic rings. The van der Waals surface area contributed by atoms with Crippen molar-refractivity contribution in [1.29, 1.82) is 0 Å². The van der Waals surface area contributed by atoms with Gasteiger partial charge in [-0.1, -0.05) is 144 Å². The number of unbranched alkanes of at least 4 members (excludes halogenated alkanes) is 4. The number of hydrogen-bond donors (Lipinski definition) is 0. The van der Waals surface area contributed by atoms with Gasteiger partial charge in [0.05, 0.1) is 24.7 Å². The molecule has 0 unspecified atom stereocenters. The second kappa shape index (κ2) is 20.5. The van der Waals surface area contributed by atoms with Gasteiger partial charge in [-0.2, -0.15) is 0 Å². The summed E-state index contributed by atoms with van der Waals surface area (Å²) in [5.41, 5.74) is 14.8. The van der Waals surface area contributed by atoms with E-state index < -0.39 is 0 Å². The summed E-state index contributed by atoms with van der Waals surface area (Å²) in [7, 11) is 0. The van der Waals surface area contributed by atoms with Gasteiger partial charge >= 0.3 is 0 Å². The molecule has 0 bridgehead atoms. The van der Waals surface area contributed by atoms with Gasteiger partial charge in [-0.3, -0.25) is 4.57 Å². The molecule has 2 aromatic heterocycles. The monoisotopic (exact) mass is 899 g/mol. The highest BCUT2D eigenvalue weighted by Crippen LogP contribution is 2.40. The number of aromatic nitrogens is 2. The number of furan rings is 1. The second-order valence-electron chi connectivity index (χ2n) is 19.4. The quantitative estimate of drug-likeness (QED) is 0.0754. The maximum absolute atomic E-state index is 6.31. The fourth-order valence-electron chi connectivity index (χ4n) is 10.2. The summed E-state index contributed by atoms with van der Waals surface area (Å²) in [5, 5.41) is 2.35. The Morgan fingerprint density at radius 3 is 1.82 bits per heavy atom. The Labute approximate surface area is 403 Å². The first-order valence-corrected chi connectivity index (χ1v) is 25.1. The number of anilines is 2. The lowest BCUT2D eigenvalue weighted by atomic mass is 9.88. The molecule has 0 atom stereocenters. The van der Waals surface area contributed by atoms with E-state index >= 15 is 0 Å². The van der Waals surface area contributed by atoms with Gasteiger partial charge in [-0.25, -0.2) is 4.98 Å². The Morgan fingerprint density at radius 1 is 0.529 bits per heavy atom. The Balaban J connectivity index is 0.687. The van der Waals surface area contributed by atoms with Gasteiger partial charge in [-0.05, 0) is 115 Å². The molecule has 0 spiro atoms. The number of rotatable bonds is 19. The van der Waals surface area contributed by atoms with E-state index in [1.807, 2.05) is 6.07 Å². The van der Waals surface area contributed by atoms with Gasteiger partial charge in [0.15, 0.2) is 5.58 Å². The highest BCUT2D eigenvalue weighted by Gasteiger charge is 2.24. The minimum Gasteiger partial charge on any atom is -0.454 e. The lowest BCUT2D eigenvalue weighted by Crippen LogP contribution is -2.28. The molecule has 0 radical (unpaired) electrons. The third kappa shape index (κ3) is 9.71. The van der Waals surface area contributed by atoms with E-state index in [4.69, 9.17) is 9.40 Å². The third-order valence-corrected chi connectivity index (χ3v) is 13.9. The first-order valence-electron chi connectivity index (χ1n) is 25.1. The molecule has 0 amide bonds. The number of hydrogen-bond acceptors (Lipinski definition) is 6. The fourth-order valence-corrected chi connectivity index (χ4v) is 10.2. The fraction of sp³-hybridized carbons (Fsp3) is 0.295. The molecule has 0 saturated heterocycles. The van der Waals surface area contributed by atoms with Crippen LogP contribution in [0.3, 0.4) is 0 Å². The normalized spacial score (nSPS) is 13.8. The molecule has 2 aliphatic rings. The first kappa shape index (κ1) is 44.8. The summed E-state index contributed by atoms with van der Waals surface area (Å²) in [6, 6.07) is 50.5. The van der Waals surface area contributed by atoms with E-state index in [9.17, 15) is 0 Å². The van der Waals surface area contributed by atoms with Gasteiger partial charge < -0.3 is 24.0 Å². The standard InChI is InChI=1S/C61H66N6O/c1-45(2)55-40-50(48-21-10-7-11-22-48)41-56(46(3)4)59(55)67-52(42-62-61(67)49-23-12-8-13-24-49)25-14-6-5-9-20-47-30-32-51(33-31-47)65-38-36-63(43-65)34-17-18-35-64-37-39-66(44-64)57-28-19-27-54-53-26-15-16-29-58(53)68-60(54)57/h7-8,10-13,15-16,19,21-24,26-33,36-42,45-46H,5-6,9,14,17-18,20,25,34-35,43-44H2,1-4H3. The van der Waals surface area contributed by atoms with Crippen LogP contribution in [0.25, 0.3) is 50.1 Å². The van der Waals surface area contributed by atoms with Crippen molar-refractivity contribution in [1.82, 2.24) is 19.4 Å². The van der Waals surface area contributed by atoms with Crippen LogP contribution in [-0.2, 0) is 12.8 Å². The van der Waals surface area contributed by atoms with Crippen molar-refractivity contribution in [3.63, 3.8) is 0 Å². The van der Waals surface area contributed by atoms with Crippen molar-refractivity contribution in [3.8, 4) is 28.2 Å². The lowest BCUT2D eigenvalue weighted by molar-refractivity contribution is 0.354. The average Bonchev–Trinajstić information content (AvgIpc) is 4.21. The molecule has 0 aliphatic carbocycles. The molecule has 6 aromatic carbocycles. The zero-order valence-electron chi connectivity index (χ0n) is 40.4. The van der Waals surface area contributed by atoms with E-state index in [0.717, 1.165) is 86.8 Å². The van der Waals surface area contributed by atoms with Crippen LogP contribution in [0.2, 0.25) is 0 Å². The summed E-state index contributed by atoms with van der Waals surface area (Å²) >= 11 is 0. The topological polar surface area (TPSA) is 43.9 Å². The van der Waals surface area contributed by atoms with Crippen LogP contribution in [-0.4, -0.2) is 45.8 Å². The van der Waals surface area contributed by atoms with Crippen molar-refractivity contribution in [3.05, 3.63) is 193 Å². The third-order valence-electron chi connectivity index (χ3n) is 13.9. The molecular weight excluding hydrogens is 833 g/mol. The van der Waals surface area contributed by atoms with E-state index in [2.05, 4.69) is 216 Å². The van der Waals surface area contributed by atoms with Gasteiger partial charge in [-0.15, -0.1) is 0 Å². The van der Waals surface area contributed by atoms with Crippen molar-refractivity contribution < 1.29 is 4.42 Å². The van der Waals surface area contributed by atoms with Crippen LogP contribution >= 0.6 is 0 Å².